The van der Waals surface area contributed by atoms with Crippen LogP contribution in [0.1, 0.15) is 44.0 Å². The van der Waals surface area contributed by atoms with Gasteiger partial charge in [-0.2, -0.15) is 0 Å². The van der Waals surface area contributed by atoms with Crippen molar-refractivity contribution in [1.29, 1.82) is 0 Å². The second-order valence-corrected chi connectivity index (χ2v) is 6.27. The summed E-state index contributed by atoms with van der Waals surface area (Å²) < 4.78 is 0. The van der Waals surface area contributed by atoms with Gasteiger partial charge in [-0.15, -0.1) is 0 Å². The third-order valence-electron chi connectivity index (χ3n) is 3.49. The highest BCUT2D eigenvalue weighted by Crippen LogP contribution is 2.14. The Labute approximate surface area is 144 Å². The number of carbonyl (C=O) groups excluding carboxylic acids is 2. The summed E-state index contributed by atoms with van der Waals surface area (Å²) >= 11 is 0. The maximum Gasteiger partial charge on any atom is 0.303 e. The molecule has 0 aromatic heterocycles. The number of hydrogen-bond acceptors (Lipinski definition) is 5. The van der Waals surface area contributed by atoms with Crippen LogP contribution in [-0.2, 0) is 9.59 Å². The number of carboxylic acid groups (broad SMARTS) is 1. The predicted octanol–water partition coefficient (Wildman–Crippen LogP) is 1.47. The van der Waals surface area contributed by atoms with Gasteiger partial charge in [-0.1, -0.05) is 6.07 Å². The summed E-state index contributed by atoms with van der Waals surface area (Å²) in [5.74, 6) is -2.06. The third kappa shape index (κ3) is 6.58. The maximum absolute atomic E-state index is 12.2. The molecule has 9 heteroatoms. The molecule has 1 aromatic rings. The molecule has 1 rings (SSSR count). The molecule has 0 radical (unpaired) electrons. The van der Waals surface area contributed by atoms with Gasteiger partial charge in [0.05, 0.1) is 4.92 Å². The number of rotatable bonds is 8. The van der Waals surface area contributed by atoms with Gasteiger partial charge in [0.1, 0.15) is 6.04 Å². The van der Waals surface area contributed by atoms with Gasteiger partial charge in [-0.3, -0.25) is 24.5 Å². The highest BCUT2D eigenvalue weighted by atomic mass is 16.6. The highest BCUT2D eigenvalue weighted by Gasteiger charge is 2.25. The summed E-state index contributed by atoms with van der Waals surface area (Å²) in [6.45, 7) is 4.84. The molecule has 0 fully saturated rings. The molecule has 136 valence electrons. The largest absolute Gasteiger partial charge is 0.481 e. The van der Waals surface area contributed by atoms with Crippen LogP contribution >= 0.6 is 0 Å². The van der Waals surface area contributed by atoms with E-state index in [9.17, 15) is 24.5 Å². The van der Waals surface area contributed by atoms with Crippen molar-refractivity contribution in [3.05, 3.63) is 39.9 Å². The number of nitro benzene ring substituents is 1. The standard InChI is InChI=1S/C16H21N3O6/c1-10(14(22)18-16(2,3)8-7-13(20)21)17-15(23)11-5-4-6-12(9-11)19(24)25/h4-6,9-10H,7-8H2,1-3H3,(H,17,23)(H,18,22)(H,20,21). The Hall–Kier alpha value is -2.97. The molecular formula is C16H21N3O6. The average Bonchev–Trinajstić information content (AvgIpc) is 2.52. The number of aliphatic carboxylic acids is 1. The quantitative estimate of drug-likeness (QED) is 0.479. The predicted molar refractivity (Wildman–Crippen MR) is 89.1 cm³/mol. The van der Waals surface area contributed by atoms with Gasteiger partial charge < -0.3 is 15.7 Å². The van der Waals surface area contributed by atoms with Crippen LogP contribution in [0.3, 0.4) is 0 Å². The molecule has 25 heavy (non-hydrogen) atoms. The summed E-state index contributed by atoms with van der Waals surface area (Å²) in [5, 5.41) is 24.6. The fourth-order valence-electron chi connectivity index (χ4n) is 2.03. The van der Waals surface area contributed by atoms with Crippen molar-refractivity contribution in [3.63, 3.8) is 0 Å². The number of hydrogen-bond donors (Lipinski definition) is 3. The molecule has 0 saturated carbocycles. The third-order valence-corrected chi connectivity index (χ3v) is 3.49. The smallest absolute Gasteiger partial charge is 0.303 e. The van der Waals surface area contributed by atoms with Crippen molar-refractivity contribution >= 4 is 23.5 Å². The van der Waals surface area contributed by atoms with E-state index >= 15 is 0 Å². The molecular weight excluding hydrogens is 330 g/mol. The molecule has 0 aliphatic carbocycles. The number of carbonyl (C=O) groups is 3. The van der Waals surface area contributed by atoms with Gasteiger partial charge in [-0.05, 0) is 33.3 Å². The molecule has 0 saturated heterocycles. The van der Waals surface area contributed by atoms with Crippen LogP contribution in [0.2, 0.25) is 0 Å². The average molecular weight is 351 g/mol. The fourth-order valence-corrected chi connectivity index (χ4v) is 2.03. The molecule has 0 aliphatic heterocycles. The van der Waals surface area contributed by atoms with Crippen molar-refractivity contribution in [1.82, 2.24) is 10.6 Å². The summed E-state index contributed by atoms with van der Waals surface area (Å²) in [6.07, 6.45) is 0.140. The minimum atomic E-state index is -0.964. The molecule has 3 N–H and O–H groups in total. The van der Waals surface area contributed by atoms with E-state index in [1.165, 1.54) is 25.1 Å². The van der Waals surface area contributed by atoms with Crippen LogP contribution in [-0.4, -0.2) is 39.4 Å². The van der Waals surface area contributed by atoms with Crippen molar-refractivity contribution in [3.8, 4) is 0 Å². The first-order valence-corrected chi connectivity index (χ1v) is 7.61. The van der Waals surface area contributed by atoms with E-state index in [0.29, 0.717) is 0 Å². The number of carboxylic acids is 1. The van der Waals surface area contributed by atoms with Gasteiger partial charge in [0.15, 0.2) is 0 Å². The molecule has 1 unspecified atom stereocenters. The lowest BCUT2D eigenvalue weighted by Gasteiger charge is -2.27. The van der Waals surface area contributed by atoms with Crippen LogP contribution in [0.5, 0.6) is 0 Å². The Balaban J connectivity index is 2.68. The van der Waals surface area contributed by atoms with E-state index in [0.717, 1.165) is 6.07 Å². The van der Waals surface area contributed by atoms with E-state index in [1.54, 1.807) is 13.8 Å². The van der Waals surface area contributed by atoms with E-state index in [-0.39, 0.29) is 24.1 Å². The number of non-ortho nitro benzene ring substituents is 1. The molecule has 0 spiro atoms. The Morgan fingerprint density at radius 1 is 1.32 bits per heavy atom. The SMILES string of the molecule is CC(NC(=O)c1cccc([N+](=O)[O-])c1)C(=O)NC(C)(C)CCC(=O)O. The Kier molecular flexibility index (Phi) is 6.60. The van der Waals surface area contributed by atoms with Crippen LogP contribution in [0.25, 0.3) is 0 Å². The van der Waals surface area contributed by atoms with Gasteiger partial charge in [0, 0.05) is 29.7 Å². The topological polar surface area (TPSA) is 139 Å². The summed E-state index contributed by atoms with van der Waals surface area (Å²) in [6, 6.07) is 4.28. The number of benzene rings is 1. The molecule has 0 aliphatic rings. The first kappa shape index (κ1) is 20.1. The molecule has 9 nitrogen and oxygen atoms in total. The van der Waals surface area contributed by atoms with Gasteiger partial charge >= 0.3 is 5.97 Å². The first-order chi connectivity index (χ1) is 11.5. The van der Waals surface area contributed by atoms with E-state index in [4.69, 9.17) is 5.11 Å². The minimum Gasteiger partial charge on any atom is -0.481 e. The van der Waals surface area contributed by atoms with Gasteiger partial charge in [-0.25, -0.2) is 0 Å². The van der Waals surface area contributed by atoms with E-state index in [2.05, 4.69) is 10.6 Å². The minimum absolute atomic E-state index is 0.0685. The van der Waals surface area contributed by atoms with Gasteiger partial charge in [0.25, 0.3) is 11.6 Å². The van der Waals surface area contributed by atoms with Crippen LogP contribution < -0.4 is 10.6 Å². The zero-order chi connectivity index (χ0) is 19.2. The second kappa shape index (κ2) is 8.22. The zero-order valence-electron chi connectivity index (χ0n) is 14.2. The van der Waals surface area contributed by atoms with Crippen LogP contribution in [0.15, 0.2) is 24.3 Å². The van der Waals surface area contributed by atoms with Gasteiger partial charge in [0.2, 0.25) is 5.91 Å². The summed E-state index contributed by atoms with van der Waals surface area (Å²) in [4.78, 5) is 45.0. The Bertz CT molecular complexity index is 686. The van der Waals surface area contributed by atoms with Crippen LogP contribution in [0.4, 0.5) is 5.69 Å². The van der Waals surface area contributed by atoms with Crippen molar-refractivity contribution in [2.45, 2.75) is 45.2 Å². The second-order valence-electron chi connectivity index (χ2n) is 6.27. The Morgan fingerprint density at radius 2 is 1.96 bits per heavy atom. The van der Waals surface area contributed by atoms with Crippen molar-refractivity contribution in [2.75, 3.05) is 0 Å². The molecule has 0 bridgehead atoms. The molecule has 1 atom stereocenters. The molecule has 1 aromatic carbocycles. The number of nitrogens with zero attached hydrogens (tertiary/aromatic N) is 1. The maximum atomic E-state index is 12.2. The summed E-state index contributed by atoms with van der Waals surface area (Å²) in [5.41, 5.74) is -0.904. The molecule has 2 amide bonds. The van der Waals surface area contributed by atoms with Crippen LogP contribution in [0, 0.1) is 10.1 Å². The lowest BCUT2D eigenvalue weighted by atomic mass is 9.98. The number of amides is 2. The van der Waals surface area contributed by atoms with E-state index < -0.39 is 34.3 Å². The van der Waals surface area contributed by atoms with Crippen molar-refractivity contribution in [2.24, 2.45) is 0 Å². The molecule has 0 heterocycles. The zero-order valence-corrected chi connectivity index (χ0v) is 14.2. The van der Waals surface area contributed by atoms with Crippen molar-refractivity contribution < 1.29 is 24.4 Å². The number of nitro groups is 1. The highest BCUT2D eigenvalue weighted by molar-refractivity contribution is 5.97. The monoisotopic (exact) mass is 351 g/mol. The normalized spacial score (nSPS) is 12.1. The fraction of sp³-hybridized carbons (Fsp3) is 0.438. The lowest BCUT2D eigenvalue weighted by molar-refractivity contribution is -0.384. The van der Waals surface area contributed by atoms with E-state index in [1.807, 2.05) is 0 Å². The Morgan fingerprint density at radius 3 is 2.52 bits per heavy atom. The number of nitrogens with one attached hydrogen (secondary N) is 2. The lowest BCUT2D eigenvalue weighted by Crippen LogP contribution is -2.52. The summed E-state index contributed by atoms with van der Waals surface area (Å²) in [7, 11) is 0. The first-order valence-electron chi connectivity index (χ1n) is 7.61.